The van der Waals surface area contributed by atoms with Crippen LogP contribution in [0.4, 0.5) is 5.69 Å². The molecule has 0 bridgehead atoms. The topological polar surface area (TPSA) is 112 Å². The molecule has 2 aromatic carbocycles. The lowest BCUT2D eigenvalue weighted by molar-refractivity contribution is -0.119. The van der Waals surface area contributed by atoms with Crippen LogP contribution in [0.15, 0.2) is 53.6 Å². The molecule has 1 amide bonds. The van der Waals surface area contributed by atoms with Crippen molar-refractivity contribution in [2.45, 2.75) is 0 Å². The normalized spacial score (nSPS) is 11.0. The van der Waals surface area contributed by atoms with Crippen molar-refractivity contribution in [1.29, 1.82) is 5.26 Å². The van der Waals surface area contributed by atoms with E-state index in [1.165, 1.54) is 30.5 Å². The first-order valence-electron chi connectivity index (χ1n) is 7.94. The molecule has 0 saturated heterocycles. The number of hydrogen-bond acceptors (Lipinski definition) is 6. The monoisotopic (exact) mass is 420 g/mol. The zero-order valence-electron chi connectivity index (χ0n) is 14.9. The second-order valence-corrected chi connectivity index (χ2v) is 7.90. The Balaban J connectivity index is 1.98. The van der Waals surface area contributed by atoms with Crippen LogP contribution in [0.2, 0.25) is 5.02 Å². The smallest absolute Gasteiger partial charge is 0.260 e. The average Bonchev–Trinajstić information content (AvgIpc) is 2.65. The van der Waals surface area contributed by atoms with Crippen molar-refractivity contribution in [2.24, 2.45) is 5.10 Å². The third-order valence-corrected chi connectivity index (χ3v) is 4.78. The molecule has 8 nitrogen and oxygen atoms in total. The highest BCUT2D eigenvalue weighted by Crippen LogP contribution is 2.20. The Labute approximate surface area is 168 Å². The Bertz CT molecular complexity index is 984. The quantitative estimate of drug-likeness (QED) is 0.519. The molecule has 10 heteroatoms. The molecule has 0 atom stereocenters. The van der Waals surface area contributed by atoms with Gasteiger partial charge in [0.25, 0.3) is 5.91 Å². The zero-order valence-corrected chi connectivity index (χ0v) is 16.4. The number of nitriles is 1. The van der Waals surface area contributed by atoms with E-state index in [-0.39, 0.29) is 6.61 Å². The lowest BCUT2D eigenvalue weighted by Crippen LogP contribution is -2.38. The van der Waals surface area contributed by atoms with Crippen molar-refractivity contribution >= 4 is 39.4 Å². The fourth-order valence-electron chi connectivity index (χ4n) is 2.12. The number of carbonyl (C=O) groups excluding carboxylic acids is 1. The first-order chi connectivity index (χ1) is 13.3. The summed E-state index contributed by atoms with van der Waals surface area (Å²) >= 11 is 5.81. The van der Waals surface area contributed by atoms with Crippen molar-refractivity contribution in [3.63, 3.8) is 0 Å². The largest absolute Gasteiger partial charge is 0.479 e. The summed E-state index contributed by atoms with van der Waals surface area (Å²) in [6, 6.07) is 14.7. The van der Waals surface area contributed by atoms with Crippen molar-refractivity contribution in [3.8, 4) is 11.8 Å². The van der Waals surface area contributed by atoms with Crippen LogP contribution >= 0.6 is 11.6 Å². The van der Waals surface area contributed by atoms with Gasteiger partial charge in [0, 0.05) is 5.02 Å². The average molecular weight is 421 g/mol. The summed E-state index contributed by atoms with van der Waals surface area (Å²) < 4.78 is 30.1. The van der Waals surface area contributed by atoms with Gasteiger partial charge in [0.2, 0.25) is 10.0 Å². The minimum atomic E-state index is -3.67. The van der Waals surface area contributed by atoms with Crippen molar-refractivity contribution < 1.29 is 17.9 Å². The number of nitrogens with zero attached hydrogens (tertiary/aromatic N) is 3. The van der Waals surface area contributed by atoms with E-state index in [0.717, 1.165) is 10.6 Å². The van der Waals surface area contributed by atoms with E-state index in [9.17, 15) is 13.2 Å². The number of hydrogen-bond donors (Lipinski definition) is 1. The number of carbonyl (C=O) groups is 1. The van der Waals surface area contributed by atoms with E-state index >= 15 is 0 Å². The van der Waals surface area contributed by atoms with Crippen LogP contribution in [0, 0.1) is 11.3 Å². The number of ether oxygens (including phenoxy) is 1. The van der Waals surface area contributed by atoms with Crippen molar-refractivity contribution in [2.75, 3.05) is 23.7 Å². The maximum absolute atomic E-state index is 12.1. The van der Waals surface area contributed by atoms with E-state index < -0.39 is 22.5 Å². The maximum Gasteiger partial charge on any atom is 0.260 e. The highest BCUT2D eigenvalue weighted by Gasteiger charge is 2.20. The molecule has 0 aliphatic rings. The van der Waals surface area contributed by atoms with Crippen LogP contribution in [0.5, 0.6) is 5.75 Å². The molecule has 0 unspecified atom stereocenters. The van der Waals surface area contributed by atoms with E-state index in [4.69, 9.17) is 21.6 Å². The summed E-state index contributed by atoms with van der Waals surface area (Å²) in [6.07, 6.45) is 2.41. The van der Waals surface area contributed by atoms with Crippen LogP contribution < -0.4 is 14.5 Å². The number of hydrazone groups is 1. The third-order valence-electron chi connectivity index (χ3n) is 3.39. The minimum Gasteiger partial charge on any atom is -0.479 e. The Kier molecular flexibility index (Phi) is 7.37. The molecule has 0 heterocycles. The number of nitrogens with one attached hydrogen (secondary N) is 1. The standard InChI is InChI=1S/C18H17ClN4O4S/c1-28(25,26)23(16-6-4-15(19)5-7-16)13-18(24)22-21-12-14-2-8-17(9-3-14)27-11-10-20/h2-9,12H,11,13H2,1H3,(H,22,24)/b21-12-. The van der Waals surface area contributed by atoms with Gasteiger partial charge in [-0.1, -0.05) is 11.6 Å². The summed E-state index contributed by atoms with van der Waals surface area (Å²) in [5.74, 6) is -0.0694. The lowest BCUT2D eigenvalue weighted by Gasteiger charge is -2.21. The van der Waals surface area contributed by atoms with Gasteiger partial charge in [0.15, 0.2) is 6.61 Å². The van der Waals surface area contributed by atoms with E-state index in [1.54, 1.807) is 24.3 Å². The Morgan fingerprint density at radius 1 is 1.25 bits per heavy atom. The van der Waals surface area contributed by atoms with Gasteiger partial charge >= 0.3 is 0 Å². The van der Waals surface area contributed by atoms with E-state index in [2.05, 4.69) is 10.5 Å². The Morgan fingerprint density at radius 2 is 1.89 bits per heavy atom. The van der Waals surface area contributed by atoms with Gasteiger partial charge in [-0.25, -0.2) is 13.8 Å². The molecule has 28 heavy (non-hydrogen) atoms. The molecule has 0 aromatic heterocycles. The van der Waals surface area contributed by atoms with Gasteiger partial charge < -0.3 is 4.74 Å². The number of sulfonamides is 1. The number of benzene rings is 2. The summed E-state index contributed by atoms with van der Waals surface area (Å²) in [5.41, 5.74) is 3.29. The van der Waals surface area contributed by atoms with Gasteiger partial charge in [-0.15, -0.1) is 0 Å². The minimum absolute atomic E-state index is 0.0477. The Morgan fingerprint density at radius 3 is 2.46 bits per heavy atom. The first kappa shape index (κ1) is 21.2. The Hall–Kier alpha value is -3.09. The molecule has 1 N–H and O–H groups in total. The number of anilines is 1. The molecule has 0 aliphatic carbocycles. The van der Waals surface area contributed by atoms with E-state index in [1.807, 2.05) is 6.07 Å². The van der Waals surface area contributed by atoms with Crippen LogP contribution in [0.3, 0.4) is 0 Å². The second kappa shape index (κ2) is 9.73. The molecule has 0 aliphatic heterocycles. The van der Waals surface area contributed by atoms with Gasteiger partial charge in [-0.3, -0.25) is 9.10 Å². The third kappa shape index (κ3) is 6.57. The van der Waals surface area contributed by atoms with Gasteiger partial charge in [0.1, 0.15) is 18.4 Å². The van der Waals surface area contributed by atoms with Gasteiger partial charge in [0.05, 0.1) is 18.2 Å². The summed E-state index contributed by atoms with van der Waals surface area (Å²) in [4.78, 5) is 12.1. The zero-order chi connectivity index (χ0) is 20.6. The lowest BCUT2D eigenvalue weighted by atomic mass is 10.2. The highest BCUT2D eigenvalue weighted by molar-refractivity contribution is 7.92. The number of amides is 1. The van der Waals surface area contributed by atoms with Crippen LogP contribution in [0.25, 0.3) is 0 Å². The molecular weight excluding hydrogens is 404 g/mol. The van der Waals surface area contributed by atoms with Gasteiger partial charge in [-0.05, 0) is 54.1 Å². The summed E-state index contributed by atoms with van der Waals surface area (Å²) in [5, 5.41) is 12.7. The van der Waals surface area contributed by atoms with Crippen LogP contribution in [-0.2, 0) is 14.8 Å². The molecule has 146 valence electrons. The maximum atomic E-state index is 12.1. The summed E-state index contributed by atoms with van der Waals surface area (Å²) in [6.45, 7) is -0.479. The fraction of sp³-hybridized carbons (Fsp3) is 0.167. The SMILES string of the molecule is CS(=O)(=O)N(CC(=O)N/N=C\c1ccc(OCC#N)cc1)c1ccc(Cl)cc1. The predicted octanol–water partition coefficient (Wildman–Crippen LogP) is 2.16. The molecule has 2 rings (SSSR count). The molecule has 0 radical (unpaired) electrons. The molecule has 2 aromatic rings. The van der Waals surface area contributed by atoms with E-state index in [0.29, 0.717) is 22.0 Å². The van der Waals surface area contributed by atoms with Crippen LogP contribution in [0.1, 0.15) is 5.56 Å². The van der Waals surface area contributed by atoms with Crippen LogP contribution in [-0.4, -0.2) is 39.9 Å². The summed E-state index contributed by atoms with van der Waals surface area (Å²) in [7, 11) is -3.67. The predicted molar refractivity (Wildman–Crippen MR) is 107 cm³/mol. The molecule has 0 fully saturated rings. The van der Waals surface area contributed by atoms with Gasteiger partial charge in [-0.2, -0.15) is 10.4 Å². The van der Waals surface area contributed by atoms with Crippen molar-refractivity contribution in [1.82, 2.24) is 5.43 Å². The molecule has 0 spiro atoms. The highest BCUT2D eigenvalue weighted by atomic mass is 35.5. The van der Waals surface area contributed by atoms with Crippen molar-refractivity contribution in [3.05, 3.63) is 59.1 Å². The fourth-order valence-corrected chi connectivity index (χ4v) is 3.10. The molecular formula is C18H17ClN4O4S. The number of rotatable bonds is 8. The second-order valence-electron chi connectivity index (χ2n) is 5.56. The first-order valence-corrected chi connectivity index (χ1v) is 10.2. The molecule has 0 saturated carbocycles. The number of halogens is 1.